The summed E-state index contributed by atoms with van der Waals surface area (Å²) in [4.78, 5) is 10.3. The van der Waals surface area contributed by atoms with Crippen LogP contribution in [0.15, 0.2) is 24.7 Å². The zero-order chi connectivity index (χ0) is 7.98. The smallest absolute Gasteiger partial charge is 0.169 e. The van der Waals surface area contributed by atoms with Crippen LogP contribution in [0.2, 0.25) is 0 Å². The van der Waals surface area contributed by atoms with Gasteiger partial charge in [-0.15, -0.1) is 6.42 Å². The summed E-state index contributed by atoms with van der Waals surface area (Å²) < 4.78 is 4.67. The first-order valence-electron chi connectivity index (χ1n) is 2.66. The zero-order valence-corrected chi connectivity index (χ0v) is 5.76. The van der Waals surface area contributed by atoms with E-state index in [0.29, 0.717) is 0 Å². The Morgan fingerprint density at radius 2 is 2.40 bits per heavy atom. The standard InChI is InChI=1S/C8H8O2/c1-4-8(3)10-6-5-7(2)9/h1,5-6H,3H2,2H3. The number of ether oxygens (including phenoxy) is 1. The van der Waals surface area contributed by atoms with Gasteiger partial charge in [-0.05, 0) is 19.4 Å². The van der Waals surface area contributed by atoms with Crippen molar-refractivity contribution in [2.24, 2.45) is 0 Å². The monoisotopic (exact) mass is 136 g/mol. The quantitative estimate of drug-likeness (QED) is 0.331. The van der Waals surface area contributed by atoms with Crippen LogP contribution in [0.1, 0.15) is 6.92 Å². The summed E-state index contributed by atoms with van der Waals surface area (Å²) in [5, 5.41) is 0. The molecule has 0 rings (SSSR count). The predicted molar refractivity (Wildman–Crippen MR) is 38.9 cm³/mol. The third-order valence-corrected chi connectivity index (χ3v) is 0.674. The predicted octanol–water partition coefficient (Wildman–Crippen LogP) is 1.25. The van der Waals surface area contributed by atoms with Gasteiger partial charge in [-0.1, -0.05) is 0 Å². The van der Waals surface area contributed by atoms with Gasteiger partial charge in [-0.3, -0.25) is 4.79 Å². The molecule has 0 radical (unpaired) electrons. The Kier molecular flexibility index (Phi) is 3.74. The van der Waals surface area contributed by atoms with Crippen LogP contribution in [-0.2, 0) is 9.53 Å². The zero-order valence-electron chi connectivity index (χ0n) is 5.76. The minimum atomic E-state index is -0.0928. The van der Waals surface area contributed by atoms with E-state index in [0.717, 1.165) is 0 Å². The Morgan fingerprint density at radius 1 is 1.80 bits per heavy atom. The SMILES string of the molecule is C#CC(=C)OC=CC(C)=O. The summed E-state index contributed by atoms with van der Waals surface area (Å²) in [5.41, 5.74) is 0. The lowest BCUT2D eigenvalue weighted by atomic mass is 10.4. The van der Waals surface area contributed by atoms with Crippen molar-refractivity contribution >= 4 is 5.78 Å². The Morgan fingerprint density at radius 3 is 2.80 bits per heavy atom. The van der Waals surface area contributed by atoms with Crippen molar-refractivity contribution in [3.05, 3.63) is 24.7 Å². The number of allylic oxidation sites excluding steroid dienone is 2. The molecule has 52 valence electrons. The lowest BCUT2D eigenvalue weighted by Gasteiger charge is -1.91. The molecule has 0 aliphatic rings. The van der Waals surface area contributed by atoms with Crippen LogP contribution in [-0.4, -0.2) is 5.78 Å². The molecular weight excluding hydrogens is 128 g/mol. The molecule has 0 aromatic carbocycles. The Balaban J connectivity index is 3.67. The number of carbonyl (C=O) groups is 1. The third-order valence-electron chi connectivity index (χ3n) is 0.674. The molecule has 2 heteroatoms. The summed E-state index contributed by atoms with van der Waals surface area (Å²) >= 11 is 0. The molecular formula is C8H8O2. The highest BCUT2D eigenvalue weighted by Gasteiger charge is 1.83. The second kappa shape index (κ2) is 4.39. The first-order valence-corrected chi connectivity index (χ1v) is 2.66. The third kappa shape index (κ3) is 4.66. The average Bonchev–Trinajstić information content (AvgIpc) is 1.87. The number of carbonyl (C=O) groups excluding carboxylic acids is 1. The van der Waals surface area contributed by atoms with E-state index in [-0.39, 0.29) is 11.5 Å². The highest BCUT2D eigenvalue weighted by molar-refractivity contribution is 5.86. The highest BCUT2D eigenvalue weighted by Crippen LogP contribution is 1.90. The largest absolute Gasteiger partial charge is 0.457 e. The molecule has 0 aliphatic heterocycles. The molecule has 10 heavy (non-hydrogen) atoms. The number of ketones is 1. The van der Waals surface area contributed by atoms with Crippen molar-refractivity contribution in [3.63, 3.8) is 0 Å². The van der Waals surface area contributed by atoms with Crippen molar-refractivity contribution in [1.29, 1.82) is 0 Å². The van der Waals surface area contributed by atoms with Gasteiger partial charge < -0.3 is 4.74 Å². The van der Waals surface area contributed by atoms with Crippen LogP contribution in [0.5, 0.6) is 0 Å². The van der Waals surface area contributed by atoms with Crippen molar-refractivity contribution in [2.45, 2.75) is 6.92 Å². The maximum atomic E-state index is 10.3. The molecule has 0 saturated heterocycles. The molecule has 0 saturated carbocycles. The van der Waals surface area contributed by atoms with Crippen LogP contribution in [0, 0.1) is 12.3 Å². The maximum Gasteiger partial charge on any atom is 0.169 e. The van der Waals surface area contributed by atoms with Crippen LogP contribution in [0.4, 0.5) is 0 Å². The van der Waals surface area contributed by atoms with E-state index in [9.17, 15) is 4.79 Å². The molecule has 0 atom stereocenters. The Hall–Kier alpha value is -1.49. The number of hydrogen-bond acceptors (Lipinski definition) is 2. The van der Waals surface area contributed by atoms with Crippen molar-refractivity contribution in [3.8, 4) is 12.3 Å². The van der Waals surface area contributed by atoms with Gasteiger partial charge in [0.2, 0.25) is 0 Å². The van der Waals surface area contributed by atoms with Gasteiger partial charge in [0.15, 0.2) is 11.5 Å². The molecule has 0 N–H and O–H groups in total. The van der Waals surface area contributed by atoms with E-state index in [1.807, 2.05) is 0 Å². The van der Waals surface area contributed by atoms with E-state index < -0.39 is 0 Å². The Labute approximate surface area is 60.2 Å². The molecule has 0 aromatic rings. The number of rotatable bonds is 3. The Bertz CT molecular complexity index is 206. The van der Waals surface area contributed by atoms with Crippen molar-refractivity contribution in [2.75, 3.05) is 0 Å². The van der Waals surface area contributed by atoms with Crippen LogP contribution in [0.3, 0.4) is 0 Å². The van der Waals surface area contributed by atoms with Crippen molar-refractivity contribution < 1.29 is 9.53 Å². The minimum absolute atomic E-state index is 0.0928. The molecule has 0 amide bonds. The van der Waals surface area contributed by atoms with Gasteiger partial charge in [-0.25, -0.2) is 0 Å². The molecule has 0 aromatic heterocycles. The van der Waals surface area contributed by atoms with Crippen molar-refractivity contribution in [1.82, 2.24) is 0 Å². The summed E-state index contributed by atoms with van der Waals surface area (Å²) in [6.45, 7) is 4.76. The van der Waals surface area contributed by atoms with E-state index in [1.54, 1.807) is 0 Å². The summed E-state index contributed by atoms with van der Waals surface area (Å²) in [5.74, 6) is 2.26. The topological polar surface area (TPSA) is 26.3 Å². The first kappa shape index (κ1) is 8.51. The maximum absolute atomic E-state index is 10.3. The lowest BCUT2D eigenvalue weighted by Crippen LogP contribution is -1.82. The number of hydrogen-bond donors (Lipinski definition) is 0. The lowest BCUT2D eigenvalue weighted by molar-refractivity contribution is -0.112. The first-order chi connectivity index (χ1) is 4.66. The van der Waals surface area contributed by atoms with Gasteiger partial charge in [0.1, 0.15) is 0 Å². The minimum Gasteiger partial charge on any atom is -0.457 e. The second-order valence-electron chi connectivity index (χ2n) is 1.60. The van der Waals surface area contributed by atoms with Gasteiger partial charge in [0.25, 0.3) is 0 Å². The molecule has 0 aliphatic carbocycles. The highest BCUT2D eigenvalue weighted by atomic mass is 16.5. The summed E-state index contributed by atoms with van der Waals surface area (Å²) in [6.07, 6.45) is 7.37. The molecule has 0 unspecified atom stereocenters. The fourth-order valence-corrected chi connectivity index (χ4v) is 0.246. The van der Waals surface area contributed by atoms with Crippen LogP contribution >= 0.6 is 0 Å². The average molecular weight is 136 g/mol. The van der Waals surface area contributed by atoms with E-state index in [2.05, 4.69) is 17.2 Å². The molecule has 0 fully saturated rings. The van der Waals surface area contributed by atoms with E-state index >= 15 is 0 Å². The fourth-order valence-electron chi connectivity index (χ4n) is 0.246. The van der Waals surface area contributed by atoms with Gasteiger partial charge in [0, 0.05) is 6.08 Å². The molecule has 0 bridgehead atoms. The van der Waals surface area contributed by atoms with Gasteiger partial charge >= 0.3 is 0 Å². The fraction of sp³-hybridized carbons (Fsp3) is 0.125. The van der Waals surface area contributed by atoms with Crippen LogP contribution < -0.4 is 0 Å². The summed E-state index contributed by atoms with van der Waals surface area (Å²) in [7, 11) is 0. The van der Waals surface area contributed by atoms with Gasteiger partial charge in [0.05, 0.1) is 6.26 Å². The van der Waals surface area contributed by atoms with Gasteiger partial charge in [-0.2, -0.15) is 0 Å². The summed E-state index contributed by atoms with van der Waals surface area (Å²) in [6, 6.07) is 0. The molecule has 0 spiro atoms. The van der Waals surface area contributed by atoms with Crippen LogP contribution in [0.25, 0.3) is 0 Å². The van der Waals surface area contributed by atoms with E-state index in [4.69, 9.17) is 6.42 Å². The molecule has 2 nitrogen and oxygen atoms in total. The number of terminal acetylenes is 1. The normalized spacial score (nSPS) is 8.80. The van der Waals surface area contributed by atoms with E-state index in [1.165, 1.54) is 19.3 Å². The second-order valence-corrected chi connectivity index (χ2v) is 1.60. The molecule has 0 heterocycles.